The Hall–Kier alpha value is -0.700. The van der Waals surface area contributed by atoms with Crippen molar-refractivity contribution in [3.8, 4) is 0 Å². The molecule has 2 unspecified atom stereocenters. The summed E-state index contributed by atoms with van der Waals surface area (Å²) in [7, 11) is 0. The minimum atomic E-state index is -2.48. The number of rotatable bonds is 3. The SMILES string of the molecule is CC(c1ccncc1)C(Cl)C1CCC(F)(F)CC1. The average Bonchev–Trinajstić information content (AvgIpc) is 2.38. The summed E-state index contributed by atoms with van der Waals surface area (Å²) in [6.45, 7) is 2.06. The van der Waals surface area contributed by atoms with Crippen molar-refractivity contribution >= 4 is 11.6 Å². The summed E-state index contributed by atoms with van der Waals surface area (Å²) in [5, 5.41) is -0.0801. The van der Waals surface area contributed by atoms with E-state index in [0.717, 1.165) is 5.56 Å². The van der Waals surface area contributed by atoms with Crippen LogP contribution in [0.2, 0.25) is 0 Å². The third-order valence-corrected chi connectivity index (χ3v) is 4.66. The normalized spacial score (nSPS) is 23.6. The van der Waals surface area contributed by atoms with Crippen LogP contribution in [0.1, 0.15) is 44.1 Å². The summed E-state index contributed by atoms with van der Waals surface area (Å²) in [6.07, 6.45) is 4.48. The highest BCUT2D eigenvalue weighted by atomic mass is 35.5. The zero-order chi connectivity index (χ0) is 13.2. The van der Waals surface area contributed by atoms with Gasteiger partial charge in [-0.15, -0.1) is 11.6 Å². The van der Waals surface area contributed by atoms with Crippen LogP contribution in [0.3, 0.4) is 0 Å². The molecule has 0 saturated heterocycles. The van der Waals surface area contributed by atoms with E-state index in [0.29, 0.717) is 12.8 Å². The predicted molar refractivity (Wildman–Crippen MR) is 69.2 cm³/mol. The standard InChI is InChI=1S/C14H18ClF2N/c1-10(11-4-8-18-9-5-11)13(15)12-2-6-14(16,17)7-3-12/h4-5,8-10,12-13H,2-3,6-7H2,1H3. The van der Waals surface area contributed by atoms with Crippen LogP contribution in [0.4, 0.5) is 8.78 Å². The van der Waals surface area contributed by atoms with Crippen LogP contribution in [0.25, 0.3) is 0 Å². The van der Waals surface area contributed by atoms with Gasteiger partial charge in [0, 0.05) is 30.6 Å². The summed E-state index contributed by atoms with van der Waals surface area (Å²) in [5.41, 5.74) is 1.13. The van der Waals surface area contributed by atoms with Crippen molar-refractivity contribution in [3.63, 3.8) is 0 Å². The van der Waals surface area contributed by atoms with Gasteiger partial charge in [-0.2, -0.15) is 0 Å². The second kappa shape index (κ2) is 5.52. The van der Waals surface area contributed by atoms with Gasteiger partial charge in [-0.1, -0.05) is 6.92 Å². The lowest BCUT2D eigenvalue weighted by Crippen LogP contribution is -2.31. The first-order chi connectivity index (χ1) is 8.49. The van der Waals surface area contributed by atoms with Crippen LogP contribution in [0, 0.1) is 5.92 Å². The Bertz CT molecular complexity index is 373. The molecule has 18 heavy (non-hydrogen) atoms. The zero-order valence-corrected chi connectivity index (χ0v) is 11.2. The molecule has 1 aromatic heterocycles. The third-order valence-electron chi connectivity index (χ3n) is 3.92. The van der Waals surface area contributed by atoms with Gasteiger partial charge in [0.25, 0.3) is 0 Å². The molecule has 0 radical (unpaired) electrons. The summed E-state index contributed by atoms with van der Waals surface area (Å²) >= 11 is 6.47. The Labute approximate surface area is 112 Å². The molecule has 1 heterocycles. The first-order valence-corrected chi connectivity index (χ1v) is 6.85. The molecule has 100 valence electrons. The second-order valence-corrected chi connectivity index (χ2v) is 5.71. The number of hydrogen-bond donors (Lipinski definition) is 0. The number of aromatic nitrogens is 1. The van der Waals surface area contributed by atoms with Gasteiger partial charge in [0.05, 0.1) is 0 Å². The predicted octanol–water partition coefficient (Wildman–Crippen LogP) is 4.62. The van der Waals surface area contributed by atoms with E-state index in [9.17, 15) is 8.78 Å². The van der Waals surface area contributed by atoms with Crippen LogP contribution in [-0.2, 0) is 0 Å². The van der Waals surface area contributed by atoms with Crippen molar-refractivity contribution in [3.05, 3.63) is 30.1 Å². The van der Waals surface area contributed by atoms with Crippen molar-refractivity contribution in [2.24, 2.45) is 5.92 Å². The monoisotopic (exact) mass is 273 g/mol. The van der Waals surface area contributed by atoms with Gasteiger partial charge >= 0.3 is 0 Å². The Balaban J connectivity index is 1.98. The van der Waals surface area contributed by atoms with E-state index < -0.39 is 5.92 Å². The first kappa shape index (κ1) is 13.7. The van der Waals surface area contributed by atoms with Gasteiger partial charge in [0.1, 0.15) is 0 Å². The lowest BCUT2D eigenvalue weighted by Gasteiger charge is -2.33. The molecule has 4 heteroatoms. The number of halogens is 3. The molecule has 1 aliphatic rings. The summed E-state index contributed by atoms with van der Waals surface area (Å²) < 4.78 is 26.2. The van der Waals surface area contributed by atoms with Crippen LogP contribution in [0.5, 0.6) is 0 Å². The lowest BCUT2D eigenvalue weighted by atomic mass is 9.79. The lowest BCUT2D eigenvalue weighted by molar-refractivity contribution is -0.0465. The largest absolute Gasteiger partial charge is 0.265 e. The Morgan fingerprint density at radius 3 is 2.39 bits per heavy atom. The highest BCUT2D eigenvalue weighted by Gasteiger charge is 2.38. The van der Waals surface area contributed by atoms with Crippen molar-refractivity contribution in [1.29, 1.82) is 0 Å². The minimum Gasteiger partial charge on any atom is -0.265 e. The van der Waals surface area contributed by atoms with Gasteiger partial charge in [-0.25, -0.2) is 8.78 Å². The molecular formula is C14H18ClF2N. The molecule has 0 aliphatic heterocycles. The summed E-state index contributed by atoms with van der Waals surface area (Å²) in [5.74, 6) is -2.12. The second-order valence-electron chi connectivity index (χ2n) is 5.21. The third kappa shape index (κ3) is 3.19. The van der Waals surface area contributed by atoms with Crippen LogP contribution in [-0.4, -0.2) is 16.3 Å². The average molecular weight is 274 g/mol. The minimum absolute atomic E-state index is 0.0239. The van der Waals surface area contributed by atoms with Gasteiger partial charge < -0.3 is 0 Å². The molecule has 0 bridgehead atoms. The van der Waals surface area contributed by atoms with E-state index in [1.165, 1.54) is 0 Å². The fourth-order valence-corrected chi connectivity index (χ4v) is 3.04. The van der Waals surface area contributed by atoms with Crippen molar-refractivity contribution in [2.75, 3.05) is 0 Å². The van der Waals surface area contributed by atoms with Crippen molar-refractivity contribution < 1.29 is 8.78 Å². The van der Waals surface area contributed by atoms with Gasteiger partial charge in [-0.3, -0.25) is 4.98 Å². The smallest absolute Gasteiger partial charge is 0.248 e. The molecule has 2 atom stereocenters. The number of nitrogens with zero attached hydrogens (tertiary/aromatic N) is 1. The number of alkyl halides is 3. The molecule has 1 saturated carbocycles. The Morgan fingerprint density at radius 2 is 1.83 bits per heavy atom. The van der Waals surface area contributed by atoms with Crippen LogP contribution >= 0.6 is 11.6 Å². The summed E-state index contributed by atoms with van der Waals surface area (Å²) in [4.78, 5) is 3.98. The highest BCUT2D eigenvalue weighted by molar-refractivity contribution is 6.21. The van der Waals surface area contributed by atoms with Crippen LogP contribution in [0.15, 0.2) is 24.5 Å². The first-order valence-electron chi connectivity index (χ1n) is 6.41. The fraction of sp³-hybridized carbons (Fsp3) is 0.643. The number of hydrogen-bond acceptors (Lipinski definition) is 1. The quantitative estimate of drug-likeness (QED) is 0.733. The van der Waals surface area contributed by atoms with E-state index in [1.54, 1.807) is 12.4 Å². The molecular weight excluding hydrogens is 256 g/mol. The molecule has 0 aromatic carbocycles. The maximum atomic E-state index is 13.1. The van der Waals surface area contributed by atoms with Crippen molar-refractivity contribution in [1.82, 2.24) is 4.98 Å². The topological polar surface area (TPSA) is 12.9 Å². The number of pyridine rings is 1. The molecule has 2 rings (SSSR count). The molecule has 1 aromatic rings. The summed E-state index contributed by atoms with van der Waals surface area (Å²) in [6, 6.07) is 3.88. The molecule has 0 amide bonds. The van der Waals surface area contributed by atoms with E-state index in [1.807, 2.05) is 12.1 Å². The Kier molecular flexibility index (Phi) is 4.21. The molecule has 1 aliphatic carbocycles. The van der Waals surface area contributed by atoms with Gasteiger partial charge in [-0.05, 0) is 42.4 Å². The highest BCUT2D eigenvalue weighted by Crippen LogP contribution is 2.42. The maximum Gasteiger partial charge on any atom is 0.248 e. The van der Waals surface area contributed by atoms with E-state index in [4.69, 9.17) is 11.6 Å². The van der Waals surface area contributed by atoms with E-state index >= 15 is 0 Å². The fourth-order valence-electron chi connectivity index (χ4n) is 2.64. The maximum absolute atomic E-state index is 13.1. The molecule has 1 nitrogen and oxygen atoms in total. The Morgan fingerprint density at radius 1 is 1.28 bits per heavy atom. The van der Waals surface area contributed by atoms with Crippen LogP contribution < -0.4 is 0 Å². The van der Waals surface area contributed by atoms with E-state index in [-0.39, 0.29) is 30.1 Å². The van der Waals surface area contributed by atoms with Gasteiger partial charge in [0.15, 0.2) is 0 Å². The molecule has 1 fully saturated rings. The zero-order valence-electron chi connectivity index (χ0n) is 10.5. The van der Waals surface area contributed by atoms with E-state index in [2.05, 4.69) is 11.9 Å². The van der Waals surface area contributed by atoms with Crippen molar-refractivity contribution in [2.45, 2.75) is 49.8 Å². The molecule has 0 spiro atoms. The molecule has 0 N–H and O–H groups in total. The van der Waals surface area contributed by atoms with Gasteiger partial charge in [0.2, 0.25) is 5.92 Å².